The average molecular weight is 399 g/mol. The Kier molecular flexibility index (Phi) is 5.43. The van der Waals surface area contributed by atoms with Crippen LogP contribution in [0.5, 0.6) is 5.75 Å². The Bertz CT molecular complexity index is 995. The smallest absolute Gasteiger partial charge is 0.227 e. The van der Waals surface area contributed by atoms with Crippen molar-refractivity contribution in [1.82, 2.24) is 9.97 Å². The molecule has 2 aromatic carbocycles. The van der Waals surface area contributed by atoms with Gasteiger partial charge in [-0.05, 0) is 42.7 Å². The van der Waals surface area contributed by atoms with Gasteiger partial charge in [-0.1, -0.05) is 12.1 Å². The fourth-order valence-corrected chi connectivity index (χ4v) is 3.87. The number of anilines is 2. The Morgan fingerprint density at radius 1 is 1.18 bits per heavy atom. The number of nitrogens with one attached hydrogen (secondary N) is 1. The van der Waals surface area contributed by atoms with Gasteiger partial charge in [-0.2, -0.15) is 11.8 Å². The zero-order chi connectivity index (χ0) is 19.5. The van der Waals surface area contributed by atoms with Gasteiger partial charge >= 0.3 is 0 Å². The third-order valence-electron chi connectivity index (χ3n) is 4.36. The molecule has 1 saturated carbocycles. The van der Waals surface area contributed by atoms with Crippen molar-refractivity contribution < 1.29 is 13.5 Å². The summed E-state index contributed by atoms with van der Waals surface area (Å²) in [6.45, 7) is 0. The molecule has 1 N–H and O–H groups in total. The molecule has 4 nitrogen and oxygen atoms in total. The number of methoxy groups -OCH3 is 1. The zero-order valence-corrected chi connectivity index (χ0v) is 16.1. The van der Waals surface area contributed by atoms with E-state index in [1.807, 2.05) is 30.0 Å². The molecular formula is C21H19F2N3OS. The lowest BCUT2D eigenvalue weighted by Gasteiger charge is -2.11. The first-order valence-corrected chi connectivity index (χ1v) is 10.0. The molecule has 144 valence electrons. The Morgan fingerprint density at radius 3 is 2.82 bits per heavy atom. The van der Waals surface area contributed by atoms with Crippen molar-refractivity contribution in [3.63, 3.8) is 0 Å². The summed E-state index contributed by atoms with van der Waals surface area (Å²) in [6, 6.07) is 11.9. The highest BCUT2D eigenvalue weighted by molar-refractivity contribution is 7.99. The standard InChI is InChI=1S/C21H19F2N3OS/c1-27-19-10-14(22)5-8-17(19)20-18(23)11-24-21(26-20)25-15-4-2-3-13(9-15)12-28-16-6-7-16/h2-5,8-11,16H,6-7,12H2,1H3,(H,24,25,26). The second-order valence-electron chi connectivity index (χ2n) is 6.57. The summed E-state index contributed by atoms with van der Waals surface area (Å²) in [5, 5.41) is 3.92. The number of halogens is 2. The summed E-state index contributed by atoms with van der Waals surface area (Å²) in [6.07, 6.45) is 3.71. The van der Waals surface area contributed by atoms with E-state index in [0.717, 1.165) is 22.9 Å². The van der Waals surface area contributed by atoms with E-state index in [4.69, 9.17) is 4.74 Å². The summed E-state index contributed by atoms with van der Waals surface area (Å²) in [7, 11) is 1.40. The van der Waals surface area contributed by atoms with Gasteiger partial charge in [-0.3, -0.25) is 0 Å². The first kappa shape index (κ1) is 18.7. The third kappa shape index (κ3) is 4.42. The summed E-state index contributed by atoms with van der Waals surface area (Å²) in [5.41, 5.74) is 2.46. The Labute approximate surface area is 166 Å². The number of benzene rings is 2. The second kappa shape index (κ2) is 8.14. The molecule has 1 aromatic heterocycles. The summed E-state index contributed by atoms with van der Waals surface area (Å²) in [4.78, 5) is 8.31. The van der Waals surface area contributed by atoms with E-state index in [2.05, 4.69) is 21.4 Å². The molecule has 7 heteroatoms. The number of hydrogen-bond donors (Lipinski definition) is 1. The molecule has 0 bridgehead atoms. The molecule has 4 rings (SSSR count). The van der Waals surface area contributed by atoms with Crippen LogP contribution in [-0.2, 0) is 5.75 Å². The highest BCUT2D eigenvalue weighted by Crippen LogP contribution is 2.36. The van der Waals surface area contributed by atoms with Crippen LogP contribution in [0.15, 0.2) is 48.7 Å². The maximum absolute atomic E-state index is 14.4. The fourth-order valence-electron chi connectivity index (χ4n) is 2.79. The van der Waals surface area contributed by atoms with Crippen LogP contribution in [0.3, 0.4) is 0 Å². The monoisotopic (exact) mass is 399 g/mol. The highest BCUT2D eigenvalue weighted by atomic mass is 32.2. The van der Waals surface area contributed by atoms with Gasteiger partial charge in [0.05, 0.1) is 13.3 Å². The van der Waals surface area contributed by atoms with Crippen LogP contribution in [0, 0.1) is 11.6 Å². The zero-order valence-electron chi connectivity index (χ0n) is 15.3. The predicted octanol–water partition coefficient (Wildman–Crippen LogP) is 5.57. The van der Waals surface area contributed by atoms with Gasteiger partial charge in [0, 0.05) is 28.3 Å². The number of aromatic nitrogens is 2. The number of thioether (sulfide) groups is 1. The highest BCUT2D eigenvalue weighted by Gasteiger charge is 2.21. The predicted molar refractivity (Wildman–Crippen MR) is 108 cm³/mol. The second-order valence-corrected chi connectivity index (χ2v) is 7.86. The molecular weight excluding hydrogens is 380 g/mol. The van der Waals surface area contributed by atoms with E-state index in [9.17, 15) is 8.78 Å². The summed E-state index contributed by atoms with van der Waals surface area (Å²) < 4.78 is 33.0. The van der Waals surface area contributed by atoms with E-state index in [-0.39, 0.29) is 17.4 Å². The van der Waals surface area contributed by atoms with Gasteiger partial charge in [0.2, 0.25) is 5.95 Å². The minimum absolute atomic E-state index is 0.0507. The fraction of sp³-hybridized carbons (Fsp3) is 0.238. The van der Waals surface area contributed by atoms with E-state index in [1.54, 1.807) is 0 Å². The van der Waals surface area contributed by atoms with Crippen LogP contribution < -0.4 is 10.1 Å². The molecule has 0 radical (unpaired) electrons. The maximum Gasteiger partial charge on any atom is 0.227 e. The number of rotatable bonds is 7. The lowest BCUT2D eigenvalue weighted by Crippen LogP contribution is -2.02. The largest absolute Gasteiger partial charge is 0.496 e. The van der Waals surface area contributed by atoms with Crippen LogP contribution in [-0.4, -0.2) is 22.3 Å². The topological polar surface area (TPSA) is 47.0 Å². The maximum atomic E-state index is 14.4. The molecule has 0 atom stereocenters. The van der Waals surface area contributed by atoms with Crippen molar-refractivity contribution in [2.45, 2.75) is 23.8 Å². The number of ether oxygens (including phenoxy) is 1. The molecule has 1 aliphatic rings. The van der Waals surface area contributed by atoms with Crippen molar-refractivity contribution in [3.05, 3.63) is 65.9 Å². The van der Waals surface area contributed by atoms with Crippen LogP contribution >= 0.6 is 11.8 Å². The minimum Gasteiger partial charge on any atom is -0.496 e. The van der Waals surface area contributed by atoms with E-state index in [1.165, 1.54) is 43.7 Å². The third-order valence-corrected chi connectivity index (χ3v) is 5.80. The molecule has 1 heterocycles. The first-order valence-electron chi connectivity index (χ1n) is 8.96. The van der Waals surface area contributed by atoms with Crippen LogP contribution in [0.25, 0.3) is 11.3 Å². The number of nitrogens with zero attached hydrogens (tertiary/aromatic N) is 2. The van der Waals surface area contributed by atoms with Gasteiger partial charge < -0.3 is 10.1 Å². The van der Waals surface area contributed by atoms with Gasteiger partial charge in [-0.25, -0.2) is 18.7 Å². The molecule has 0 unspecified atom stereocenters. The van der Waals surface area contributed by atoms with Gasteiger partial charge in [-0.15, -0.1) is 0 Å². The lowest BCUT2D eigenvalue weighted by atomic mass is 10.1. The molecule has 0 amide bonds. The van der Waals surface area contributed by atoms with E-state index >= 15 is 0 Å². The molecule has 3 aromatic rings. The summed E-state index contributed by atoms with van der Waals surface area (Å²) >= 11 is 1.96. The molecule has 28 heavy (non-hydrogen) atoms. The summed E-state index contributed by atoms with van der Waals surface area (Å²) in [5.74, 6) is 0.361. The molecule has 1 aliphatic carbocycles. The molecule has 1 fully saturated rings. The molecule has 0 saturated heterocycles. The van der Waals surface area contributed by atoms with Crippen LogP contribution in [0.2, 0.25) is 0 Å². The Balaban J connectivity index is 1.58. The van der Waals surface area contributed by atoms with Crippen molar-refractivity contribution >= 4 is 23.4 Å². The minimum atomic E-state index is -0.606. The Hall–Kier alpha value is -2.67. The van der Waals surface area contributed by atoms with Crippen molar-refractivity contribution in [3.8, 4) is 17.0 Å². The number of hydrogen-bond acceptors (Lipinski definition) is 5. The SMILES string of the molecule is COc1cc(F)ccc1-c1nc(Nc2cccc(CSC3CC3)c2)ncc1F. The van der Waals surface area contributed by atoms with Gasteiger partial charge in [0.1, 0.15) is 17.3 Å². The van der Waals surface area contributed by atoms with Crippen LogP contribution in [0.1, 0.15) is 18.4 Å². The average Bonchev–Trinajstić information content (AvgIpc) is 3.53. The molecule has 0 spiro atoms. The van der Waals surface area contributed by atoms with Gasteiger partial charge in [0.25, 0.3) is 0 Å². The molecule has 0 aliphatic heterocycles. The Morgan fingerprint density at radius 2 is 2.04 bits per heavy atom. The first-order chi connectivity index (χ1) is 13.6. The van der Waals surface area contributed by atoms with Crippen molar-refractivity contribution in [1.29, 1.82) is 0 Å². The lowest BCUT2D eigenvalue weighted by molar-refractivity contribution is 0.412. The van der Waals surface area contributed by atoms with Gasteiger partial charge in [0.15, 0.2) is 5.82 Å². The van der Waals surface area contributed by atoms with E-state index in [0.29, 0.717) is 5.56 Å². The van der Waals surface area contributed by atoms with Crippen LogP contribution in [0.4, 0.5) is 20.4 Å². The normalized spacial score (nSPS) is 13.4. The quantitative estimate of drug-likeness (QED) is 0.563. The van der Waals surface area contributed by atoms with Crippen molar-refractivity contribution in [2.75, 3.05) is 12.4 Å². The van der Waals surface area contributed by atoms with Crippen molar-refractivity contribution in [2.24, 2.45) is 0 Å². The van der Waals surface area contributed by atoms with E-state index < -0.39 is 11.6 Å².